The fourth-order valence-corrected chi connectivity index (χ4v) is 3.61. The minimum Gasteiger partial charge on any atom is -0.264 e. The molecule has 1 N–H and O–H groups in total. The van der Waals surface area contributed by atoms with Crippen molar-refractivity contribution >= 4 is 11.9 Å². The van der Waals surface area contributed by atoms with Gasteiger partial charge in [0.25, 0.3) is 0 Å². The van der Waals surface area contributed by atoms with Gasteiger partial charge >= 0.3 is 0 Å². The topological polar surface area (TPSA) is 12.0 Å². The van der Waals surface area contributed by atoms with Crippen molar-refractivity contribution in [3.8, 4) is 0 Å². The summed E-state index contributed by atoms with van der Waals surface area (Å²) in [4.78, 5) is 0. The Hall–Kier alpha value is 0.310. The van der Waals surface area contributed by atoms with Crippen molar-refractivity contribution in [2.75, 3.05) is 6.54 Å². The number of unbranched alkanes of at least 4 members (excludes halogenated alkanes) is 3. The highest BCUT2D eigenvalue weighted by Gasteiger charge is 2.19. The van der Waals surface area contributed by atoms with Gasteiger partial charge < -0.3 is 0 Å². The monoisotopic (exact) mass is 301 g/mol. The molecule has 0 saturated carbocycles. The molecule has 0 aromatic rings. The number of nitrogens with one attached hydrogen (secondary N) is 1. The van der Waals surface area contributed by atoms with Crippen LogP contribution in [0, 0.1) is 17.8 Å². The van der Waals surface area contributed by atoms with Gasteiger partial charge in [0.2, 0.25) is 0 Å². The Morgan fingerprint density at radius 1 is 0.850 bits per heavy atom. The first-order valence-electron chi connectivity index (χ1n) is 8.87. The Kier molecular flexibility index (Phi) is 13.2. The molecule has 2 unspecified atom stereocenters. The van der Waals surface area contributed by atoms with Crippen molar-refractivity contribution in [2.45, 2.75) is 91.7 Å². The van der Waals surface area contributed by atoms with Crippen molar-refractivity contribution in [3.05, 3.63) is 0 Å². The number of hydrogen-bond donors (Lipinski definition) is 1. The van der Waals surface area contributed by atoms with E-state index in [1.54, 1.807) is 0 Å². The average molecular weight is 302 g/mol. The minimum atomic E-state index is 0.688. The molecule has 20 heavy (non-hydrogen) atoms. The molecule has 0 fully saturated rings. The molecule has 0 saturated heterocycles. The van der Waals surface area contributed by atoms with Gasteiger partial charge in [0, 0.05) is 11.8 Å². The molecule has 0 rings (SSSR count). The second kappa shape index (κ2) is 13.0. The lowest BCUT2D eigenvalue weighted by atomic mass is 9.79. The van der Waals surface area contributed by atoms with Crippen molar-refractivity contribution in [2.24, 2.45) is 17.8 Å². The van der Waals surface area contributed by atoms with Crippen LogP contribution in [0.5, 0.6) is 0 Å². The molecule has 0 aliphatic rings. The van der Waals surface area contributed by atoms with Crippen molar-refractivity contribution < 1.29 is 0 Å². The lowest BCUT2D eigenvalue weighted by Gasteiger charge is -2.28. The zero-order chi connectivity index (χ0) is 15.4. The number of hydrogen-bond acceptors (Lipinski definition) is 2. The second-order valence-electron chi connectivity index (χ2n) is 6.94. The van der Waals surface area contributed by atoms with Crippen molar-refractivity contribution in [3.63, 3.8) is 0 Å². The van der Waals surface area contributed by atoms with E-state index >= 15 is 0 Å². The molecule has 0 radical (unpaired) electrons. The molecule has 0 aliphatic heterocycles. The Bertz CT molecular complexity index is 204. The van der Waals surface area contributed by atoms with Crippen LogP contribution in [-0.2, 0) is 0 Å². The Labute approximate surface area is 133 Å². The summed E-state index contributed by atoms with van der Waals surface area (Å²) in [6, 6.07) is 0. The van der Waals surface area contributed by atoms with E-state index in [-0.39, 0.29) is 0 Å². The molecule has 0 aliphatic carbocycles. The zero-order valence-electron chi connectivity index (χ0n) is 14.9. The fourth-order valence-electron chi connectivity index (χ4n) is 3.02. The predicted molar refractivity (Wildman–Crippen MR) is 96.2 cm³/mol. The molecule has 1 nitrogen and oxygen atoms in total. The van der Waals surface area contributed by atoms with Crippen LogP contribution in [0.3, 0.4) is 0 Å². The van der Waals surface area contributed by atoms with E-state index in [1.807, 2.05) is 11.9 Å². The second-order valence-corrected chi connectivity index (χ2v) is 8.40. The lowest BCUT2D eigenvalue weighted by Crippen LogP contribution is -2.20. The maximum absolute atomic E-state index is 3.49. The normalized spacial score (nSPS) is 15.0. The van der Waals surface area contributed by atoms with Crippen LogP contribution in [-0.4, -0.2) is 11.8 Å². The Morgan fingerprint density at radius 3 is 2.10 bits per heavy atom. The molecule has 0 aromatic heterocycles. The van der Waals surface area contributed by atoms with E-state index < -0.39 is 0 Å². The SMILES string of the molecule is CCCCCCC(C)C(CCCNSC(C)C)C(C)C. The Morgan fingerprint density at radius 2 is 1.55 bits per heavy atom. The molecule has 0 aromatic carbocycles. The first-order chi connectivity index (χ1) is 9.49. The van der Waals surface area contributed by atoms with E-state index in [4.69, 9.17) is 0 Å². The number of rotatable bonds is 13. The van der Waals surface area contributed by atoms with E-state index in [2.05, 4.69) is 46.3 Å². The first-order valence-corrected chi connectivity index (χ1v) is 9.75. The van der Waals surface area contributed by atoms with Gasteiger partial charge in [-0.2, -0.15) is 0 Å². The molecule has 0 bridgehead atoms. The summed E-state index contributed by atoms with van der Waals surface area (Å²) in [5, 5.41) is 0.688. The Balaban J connectivity index is 3.84. The molecular formula is C18H39NS. The van der Waals surface area contributed by atoms with E-state index in [0.29, 0.717) is 5.25 Å². The largest absolute Gasteiger partial charge is 0.264 e. The summed E-state index contributed by atoms with van der Waals surface area (Å²) >= 11 is 1.87. The highest BCUT2D eigenvalue weighted by Crippen LogP contribution is 2.29. The van der Waals surface area contributed by atoms with Gasteiger partial charge in [-0.05, 0) is 30.6 Å². The van der Waals surface area contributed by atoms with E-state index in [0.717, 1.165) is 24.3 Å². The molecule has 2 atom stereocenters. The summed E-state index contributed by atoms with van der Waals surface area (Å²) in [5.74, 6) is 2.63. The van der Waals surface area contributed by atoms with Crippen LogP contribution in [0.4, 0.5) is 0 Å². The third kappa shape index (κ3) is 11.0. The van der Waals surface area contributed by atoms with Gasteiger partial charge in [0.05, 0.1) is 0 Å². The van der Waals surface area contributed by atoms with Gasteiger partial charge in [-0.25, -0.2) is 0 Å². The molecule has 2 heteroatoms. The summed E-state index contributed by atoms with van der Waals surface area (Å²) in [5.41, 5.74) is 0. The van der Waals surface area contributed by atoms with Crippen LogP contribution in [0.2, 0.25) is 0 Å². The zero-order valence-corrected chi connectivity index (χ0v) is 15.7. The minimum absolute atomic E-state index is 0.688. The smallest absolute Gasteiger partial charge is 0.0136 e. The van der Waals surface area contributed by atoms with Gasteiger partial charge in [-0.3, -0.25) is 4.72 Å². The lowest BCUT2D eigenvalue weighted by molar-refractivity contribution is 0.233. The third-order valence-electron chi connectivity index (χ3n) is 4.24. The fraction of sp³-hybridized carbons (Fsp3) is 1.00. The molecule has 0 heterocycles. The van der Waals surface area contributed by atoms with E-state index in [1.165, 1.54) is 44.9 Å². The molecule has 122 valence electrons. The highest BCUT2D eigenvalue weighted by atomic mass is 32.2. The van der Waals surface area contributed by atoms with E-state index in [9.17, 15) is 0 Å². The van der Waals surface area contributed by atoms with Crippen molar-refractivity contribution in [1.82, 2.24) is 4.72 Å². The molecule has 0 spiro atoms. The maximum atomic E-state index is 3.49. The summed E-state index contributed by atoms with van der Waals surface area (Å²) in [7, 11) is 0. The van der Waals surface area contributed by atoms with Gasteiger partial charge in [0.15, 0.2) is 0 Å². The summed E-state index contributed by atoms with van der Waals surface area (Å²) < 4.78 is 3.49. The van der Waals surface area contributed by atoms with Crippen LogP contribution < -0.4 is 4.72 Å². The standard InChI is InChI=1S/C18H39NS/c1-7-8-9-10-12-17(6)18(15(2)3)13-11-14-19-20-16(4)5/h15-19H,7-14H2,1-6H3. The molecule has 0 amide bonds. The van der Waals surface area contributed by atoms with Crippen LogP contribution in [0.1, 0.15) is 86.5 Å². The van der Waals surface area contributed by atoms with Gasteiger partial charge in [-0.1, -0.05) is 85.6 Å². The summed E-state index contributed by atoms with van der Waals surface area (Å²) in [6.07, 6.45) is 9.76. The highest BCUT2D eigenvalue weighted by molar-refractivity contribution is 7.97. The van der Waals surface area contributed by atoms with Crippen LogP contribution >= 0.6 is 11.9 Å². The quantitative estimate of drug-likeness (QED) is 0.317. The average Bonchev–Trinajstić information content (AvgIpc) is 2.37. The molecular weight excluding hydrogens is 262 g/mol. The van der Waals surface area contributed by atoms with Gasteiger partial charge in [-0.15, -0.1) is 0 Å². The third-order valence-corrected chi connectivity index (χ3v) is 5.08. The maximum Gasteiger partial charge on any atom is 0.0136 e. The first kappa shape index (κ1) is 20.3. The van der Waals surface area contributed by atoms with Crippen LogP contribution in [0.15, 0.2) is 0 Å². The van der Waals surface area contributed by atoms with Gasteiger partial charge in [0.1, 0.15) is 0 Å². The van der Waals surface area contributed by atoms with Crippen molar-refractivity contribution in [1.29, 1.82) is 0 Å². The predicted octanol–water partition coefficient (Wildman–Crippen LogP) is 6.29. The van der Waals surface area contributed by atoms with Crippen LogP contribution in [0.25, 0.3) is 0 Å². The summed E-state index contributed by atoms with van der Waals surface area (Å²) in [6.45, 7) is 15.2.